The van der Waals surface area contributed by atoms with Crippen LogP contribution in [0.25, 0.3) is 0 Å². The monoisotopic (exact) mass is 278 g/mol. The third-order valence-corrected chi connectivity index (χ3v) is 2.96. The maximum Gasteiger partial charge on any atom is 0.234 e. The number of carbonyl (C=O) groups is 1. The van der Waals surface area contributed by atoms with Gasteiger partial charge in [-0.1, -0.05) is 31.2 Å². The first-order chi connectivity index (χ1) is 9.51. The van der Waals surface area contributed by atoms with E-state index in [4.69, 9.17) is 0 Å². The second-order valence-corrected chi connectivity index (χ2v) is 4.99. The quantitative estimate of drug-likeness (QED) is 0.741. The molecule has 0 aliphatic carbocycles. The highest BCUT2D eigenvalue weighted by molar-refractivity contribution is 5.78. The Morgan fingerprint density at radius 2 is 1.95 bits per heavy atom. The second kappa shape index (κ2) is 8.48. The third-order valence-electron chi connectivity index (χ3n) is 2.96. The molecule has 0 saturated heterocycles. The van der Waals surface area contributed by atoms with Crippen LogP contribution in [0.15, 0.2) is 36.4 Å². The molecule has 0 heterocycles. The van der Waals surface area contributed by atoms with Crippen molar-refractivity contribution in [2.45, 2.75) is 20.3 Å². The van der Waals surface area contributed by atoms with E-state index in [0.29, 0.717) is 19.5 Å². The molecule has 0 atom stereocenters. The number of benzene rings is 1. The molecule has 110 valence electrons. The topological polar surface area (TPSA) is 32.3 Å². The smallest absolute Gasteiger partial charge is 0.234 e. The summed E-state index contributed by atoms with van der Waals surface area (Å²) in [4.78, 5) is 13.8. The first kappa shape index (κ1) is 16.4. The number of nitrogens with zero attached hydrogens (tertiary/aromatic N) is 1. The summed E-state index contributed by atoms with van der Waals surface area (Å²) in [6, 6.07) is 6.34. The Hall–Kier alpha value is -1.68. The molecule has 1 N–H and O–H groups in total. The maximum absolute atomic E-state index is 12.7. The average molecular weight is 278 g/mol. The van der Waals surface area contributed by atoms with Crippen LogP contribution < -0.4 is 5.32 Å². The number of nitrogens with one attached hydrogen (secondary N) is 1. The van der Waals surface area contributed by atoms with Gasteiger partial charge in [0.15, 0.2) is 0 Å². The van der Waals surface area contributed by atoms with Crippen molar-refractivity contribution in [3.8, 4) is 0 Å². The van der Waals surface area contributed by atoms with Crippen molar-refractivity contribution in [3.05, 3.63) is 47.8 Å². The Morgan fingerprint density at radius 1 is 1.30 bits per heavy atom. The molecular weight excluding hydrogens is 255 g/mol. The van der Waals surface area contributed by atoms with Crippen molar-refractivity contribution in [1.29, 1.82) is 0 Å². The van der Waals surface area contributed by atoms with Gasteiger partial charge in [-0.25, -0.2) is 4.39 Å². The fraction of sp³-hybridized carbons (Fsp3) is 0.438. The fourth-order valence-corrected chi connectivity index (χ4v) is 1.92. The number of halogens is 1. The SMILES string of the molecule is C=C(C)CN(CC)CC(=O)NCCc1ccc(F)cc1. The van der Waals surface area contributed by atoms with Crippen LogP contribution >= 0.6 is 0 Å². The molecule has 1 amide bonds. The van der Waals surface area contributed by atoms with E-state index >= 15 is 0 Å². The number of likely N-dealkylation sites (N-methyl/N-ethyl adjacent to an activating group) is 1. The van der Waals surface area contributed by atoms with Gasteiger partial charge in [0, 0.05) is 13.1 Å². The molecule has 4 heteroatoms. The van der Waals surface area contributed by atoms with Gasteiger partial charge in [0.25, 0.3) is 0 Å². The van der Waals surface area contributed by atoms with E-state index in [1.54, 1.807) is 12.1 Å². The first-order valence-electron chi connectivity index (χ1n) is 6.89. The highest BCUT2D eigenvalue weighted by atomic mass is 19.1. The van der Waals surface area contributed by atoms with Gasteiger partial charge in [-0.05, 0) is 37.6 Å². The summed E-state index contributed by atoms with van der Waals surface area (Å²) < 4.78 is 12.7. The van der Waals surface area contributed by atoms with Crippen LogP contribution in [0.5, 0.6) is 0 Å². The normalized spacial score (nSPS) is 10.6. The number of hydrogen-bond donors (Lipinski definition) is 1. The molecule has 0 saturated carbocycles. The second-order valence-electron chi connectivity index (χ2n) is 4.99. The minimum absolute atomic E-state index is 0.00946. The van der Waals surface area contributed by atoms with Crippen LogP contribution in [0.4, 0.5) is 4.39 Å². The molecule has 0 aliphatic heterocycles. The number of hydrogen-bond acceptors (Lipinski definition) is 2. The van der Waals surface area contributed by atoms with Crippen molar-refractivity contribution in [3.63, 3.8) is 0 Å². The Labute approximate surface area is 120 Å². The molecule has 0 spiro atoms. The van der Waals surface area contributed by atoms with E-state index in [-0.39, 0.29) is 11.7 Å². The van der Waals surface area contributed by atoms with Gasteiger partial charge < -0.3 is 5.32 Å². The Balaban J connectivity index is 2.28. The number of carbonyl (C=O) groups excluding carboxylic acids is 1. The van der Waals surface area contributed by atoms with E-state index in [2.05, 4.69) is 11.9 Å². The highest BCUT2D eigenvalue weighted by Gasteiger charge is 2.08. The molecular formula is C16H23FN2O. The number of amides is 1. The van der Waals surface area contributed by atoms with Crippen molar-refractivity contribution in [2.24, 2.45) is 0 Å². The van der Waals surface area contributed by atoms with E-state index in [0.717, 1.165) is 24.2 Å². The van der Waals surface area contributed by atoms with Crippen molar-refractivity contribution < 1.29 is 9.18 Å². The predicted octanol–water partition coefficient (Wildman–Crippen LogP) is 2.38. The van der Waals surface area contributed by atoms with E-state index in [1.807, 2.05) is 18.7 Å². The Kier molecular flexibility index (Phi) is 6.94. The highest BCUT2D eigenvalue weighted by Crippen LogP contribution is 2.02. The van der Waals surface area contributed by atoms with Gasteiger partial charge in [0.1, 0.15) is 5.82 Å². The third kappa shape index (κ3) is 6.48. The molecule has 1 aromatic rings. The van der Waals surface area contributed by atoms with Crippen LogP contribution in [0.3, 0.4) is 0 Å². The van der Waals surface area contributed by atoms with Crippen LogP contribution in [0.1, 0.15) is 19.4 Å². The van der Waals surface area contributed by atoms with Crippen molar-refractivity contribution in [2.75, 3.05) is 26.2 Å². The van der Waals surface area contributed by atoms with Gasteiger partial charge in [-0.15, -0.1) is 0 Å². The standard InChI is InChI=1S/C16H23FN2O/c1-4-19(11-13(2)3)12-16(20)18-10-9-14-5-7-15(17)8-6-14/h5-8H,2,4,9-12H2,1,3H3,(H,18,20). The fourth-order valence-electron chi connectivity index (χ4n) is 1.92. The lowest BCUT2D eigenvalue weighted by Gasteiger charge is -2.19. The van der Waals surface area contributed by atoms with Crippen LogP contribution in [0.2, 0.25) is 0 Å². The van der Waals surface area contributed by atoms with Crippen LogP contribution in [-0.4, -0.2) is 37.0 Å². The van der Waals surface area contributed by atoms with Gasteiger partial charge in [0.2, 0.25) is 5.91 Å². The average Bonchev–Trinajstić information content (AvgIpc) is 2.39. The first-order valence-corrected chi connectivity index (χ1v) is 6.89. The molecule has 1 aromatic carbocycles. The molecule has 1 rings (SSSR count). The van der Waals surface area contributed by atoms with Gasteiger partial charge in [0.05, 0.1) is 6.54 Å². The summed E-state index contributed by atoms with van der Waals surface area (Å²) in [5.41, 5.74) is 2.06. The molecule has 20 heavy (non-hydrogen) atoms. The predicted molar refractivity (Wildman–Crippen MR) is 80.0 cm³/mol. The molecule has 0 radical (unpaired) electrons. The molecule has 0 bridgehead atoms. The van der Waals surface area contributed by atoms with Gasteiger partial charge in [-0.2, -0.15) is 0 Å². The summed E-state index contributed by atoms with van der Waals surface area (Å²) in [6.07, 6.45) is 0.707. The summed E-state index contributed by atoms with van der Waals surface area (Å²) in [5, 5.41) is 2.88. The molecule has 0 fully saturated rings. The van der Waals surface area contributed by atoms with Gasteiger partial charge in [-0.3, -0.25) is 9.69 Å². The minimum atomic E-state index is -0.240. The van der Waals surface area contributed by atoms with E-state index in [9.17, 15) is 9.18 Å². The molecule has 0 unspecified atom stereocenters. The minimum Gasteiger partial charge on any atom is -0.355 e. The summed E-state index contributed by atoms with van der Waals surface area (Å²) in [7, 11) is 0. The molecule has 3 nitrogen and oxygen atoms in total. The largest absolute Gasteiger partial charge is 0.355 e. The van der Waals surface area contributed by atoms with Gasteiger partial charge >= 0.3 is 0 Å². The molecule has 0 aromatic heterocycles. The zero-order valence-electron chi connectivity index (χ0n) is 12.3. The number of rotatable bonds is 8. The zero-order chi connectivity index (χ0) is 15.0. The summed E-state index contributed by atoms with van der Waals surface area (Å²) in [6.45, 7) is 10.3. The zero-order valence-corrected chi connectivity index (χ0v) is 12.3. The molecule has 0 aliphatic rings. The van der Waals surface area contributed by atoms with E-state index < -0.39 is 0 Å². The lowest BCUT2D eigenvalue weighted by molar-refractivity contribution is -0.122. The Bertz CT molecular complexity index is 442. The van der Waals surface area contributed by atoms with E-state index in [1.165, 1.54) is 12.1 Å². The summed E-state index contributed by atoms with van der Waals surface area (Å²) >= 11 is 0. The maximum atomic E-state index is 12.7. The lowest BCUT2D eigenvalue weighted by atomic mass is 10.1. The van der Waals surface area contributed by atoms with Crippen LogP contribution in [0, 0.1) is 5.82 Å². The van der Waals surface area contributed by atoms with Crippen LogP contribution in [-0.2, 0) is 11.2 Å². The van der Waals surface area contributed by atoms with Crippen molar-refractivity contribution >= 4 is 5.91 Å². The Morgan fingerprint density at radius 3 is 2.50 bits per heavy atom. The van der Waals surface area contributed by atoms with Crippen molar-refractivity contribution in [1.82, 2.24) is 10.2 Å². The lowest BCUT2D eigenvalue weighted by Crippen LogP contribution is -2.38. The summed E-state index contributed by atoms with van der Waals surface area (Å²) in [5.74, 6) is -0.230.